The average molecular weight is 488 g/mol. The summed E-state index contributed by atoms with van der Waals surface area (Å²) in [7, 11) is 0. The number of fused-ring (bicyclic) bond motifs is 2. The van der Waals surface area contributed by atoms with Gasteiger partial charge >= 0.3 is 0 Å². The summed E-state index contributed by atoms with van der Waals surface area (Å²) in [6, 6.07) is 27.2. The first-order valence-corrected chi connectivity index (χ1v) is 13.4. The van der Waals surface area contributed by atoms with E-state index in [9.17, 15) is 4.79 Å². The summed E-state index contributed by atoms with van der Waals surface area (Å²) in [6.07, 6.45) is 0. The van der Waals surface area contributed by atoms with Gasteiger partial charge in [0.25, 0.3) is 0 Å². The second kappa shape index (κ2) is 9.03. The van der Waals surface area contributed by atoms with Crippen LogP contribution >= 0.6 is 34.9 Å². The van der Waals surface area contributed by atoms with Gasteiger partial charge in [-0.1, -0.05) is 72.1 Å². The number of ether oxygens (including phenoxy) is 1. The maximum atomic E-state index is 12.4. The van der Waals surface area contributed by atoms with E-state index in [4.69, 9.17) is 4.74 Å². The molecule has 0 N–H and O–H groups in total. The Morgan fingerprint density at radius 1 is 0.727 bits per heavy atom. The standard InChI is InChI=1S/C27H21NO2S3/c29-20-16-25(32-26(17-20)28-12-14-30-15-13-28)19-10-8-18(9-11-19)21-4-3-7-24-27(21)33-23-6-2-1-5-22(23)31-24/h1-11,16-17H,12-15H2. The number of nitrogens with zero attached hydrogens (tertiary/aromatic N) is 1. The van der Waals surface area contributed by atoms with Gasteiger partial charge in [-0.15, -0.1) is 11.3 Å². The Bertz CT molecular complexity index is 1380. The van der Waals surface area contributed by atoms with E-state index in [2.05, 4.69) is 71.6 Å². The van der Waals surface area contributed by atoms with Crippen molar-refractivity contribution in [2.45, 2.75) is 19.6 Å². The lowest BCUT2D eigenvalue weighted by Crippen LogP contribution is -2.36. The monoisotopic (exact) mass is 487 g/mol. The highest BCUT2D eigenvalue weighted by Crippen LogP contribution is 2.51. The first-order valence-electron chi connectivity index (χ1n) is 10.9. The topological polar surface area (TPSA) is 29.5 Å². The van der Waals surface area contributed by atoms with Crippen molar-refractivity contribution in [1.82, 2.24) is 0 Å². The van der Waals surface area contributed by atoms with Gasteiger partial charge in [0, 0.05) is 49.7 Å². The van der Waals surface area contributed by atoms with Gasteiger partial charge in [-0.05, 0) is 34.9 Å². The third-order valence-electron chi connectivity index (χ3n) is 5.82. The summed E-state index contributed by atoms with van der Waals surface area (Å²) < 4.78 is 5.46. The highest BCUT2D eigenvalue weighted by Gasteiger charge is 2.20. The van der Waals surface area contributed by atoms with Gasteiger partial charge in [0.15, 0.2) is 5.43 Å². The van der Waals surface area contributed by atoms with Crippen LogP contribution in [0.3, 0.4) is 0 Å². The normalized spacial score (nSPS) is 15.1. The van der Waals surface area contributed by atoms with Crippen molar-refractivity contribution in [3.8, 4) is 21.6 Å². The van der Waals surface area contributed by atoms with E-state index in [1.807, 2.05) is 23.5 Å². The molecular formula is C27H21NO2S3. The predicted octanol–water partition coefficient (Wildman–Crippen LogP) is 6.89. The van der Waals surface area contributed by atoms with Crippen LogP contribution in [-0.2, 0) is 4.74 Å². The van der Waals surface area contributed by atoms with Gasteiger partial charge < -0.3 is 9.64 Å². The van der Waals surface area contributed by atoms with E-state index in [0.29, 0.717) is 13.2 Å². The molecule has 0 radical (unpaired) electrons. The zero-order valence-electron chi connectivity index (χ0n) is 17.8. The van der Waals surface area contributed by atoms with E-state index in [0.717, 1.165) is 28.5 Å². The Hall–Kier alpha value is -2.51. The van der Waals surface area contributed by atoms with Crippen LogP contribution in [0.1, 0.15) is 0 Å². The summed E-state index contributed by atoms with van der Waals surface area (Å²) in [4.78, 5) is 20.9. The maximum absolute atomic E-state index is 12.4. The largest absolute Gasteiger partial charge is 0.378 e. The highest BCUT2D eigenvalue weighted by molar-refractivity contribution is 8.05. The number of benzene rings is 3. The molecule has 3 aromatic carbocycles. The lowest BCUT2D eigenvalue weighted by atomic mass is 10.0. The molecule has 3 heterocycles. The number of morpholine rings is 1. The molecule has 0 atom stereocenters. The van der Waals surface area contributed by atoms with Crippen LogP contribution in [0.15, 0.2) is 103 Å². The van der Waals surface area contributed by atoms with Crippen molar-refractivity contribution in [2.24, 2.45) is 0 Å². The second-order valence-corrected chi connectivity index (χ2v) is 11.2. The molecule has 0 saturated carbocycles. The molecule has 0 spiro atoms. The zero-order chi connectivity index (χ0) is 22.2. The first kappa shape index (κ1) is 21.1. The molecule has 0 unspecified atom stereocenters. The third-order valence-corrected chi connectivity index (χ3v) is 9.59. The molecule has 164 valence electrons. The van der Waals surface area contributed by atoms with Crippen LogP contribution in [0.2, 0.25) is 0 Å². The molecular weight excluding hydrogens is 467 g/mol. The van der Waals surface area contributed by atoms with Crippen molar-refractivity contribution in [2.75, 3.05) is 31.2 Å². The molecule has 2 aliphatic rings. The zero-order valence-corrected chi connectivity index (χ0v) is 20.3. The highest BCUT2D eigenvalue weighted by atomic mass is 32.2. The third kappa shape index (κ3) is 4.24. The Morgan fingerprint density at radius 3 is 2.21 bits per heavy atom. The molecule has 6 rings (SSSR count). The molecule has 2 aliphatic heterocycles. The van der Waals surface area contributed by atoms with Gasteiger partial charge in [-0.3, -0.25) is 4.79 Å². The summed E-state index contributed by atoms with van der Waals surface area (Å²) >= 11 is 5.37. The van der Waals surface area contributed by atoms with Gasteiger partial charge in [0.2, 0.25) is 0 Å². The van der Waals surface area contributed by atoms with Crippen LogP contribution < -0.4 is 10.3 Å². The Kier molecular flexibility index (Phi) is 5.76. The fourth-order valence-corrected chi connectivity index (χ4v) is 7.68. The molecule has 6 heteroatoms. The first-order chi connectivity index (χ1) is 16.2. The van der Waals surface area contributed by atoms with E-state index in [1.54, 1.807) is 23.5 Å². The summed E-state index contributed by atoms with van der Waals surface area (Å²) in [5, 5.41) is 1.02. The fourth-order valence-electron chi connectivity index (χ4n) is 4.14. The van der Waals surface area contributed by atoms with E-state index in [-0.39, 0.29) is 5.43 Å². The van der Waals surface area contributed by atoms with Crippen LogP contribution in [0.4, 0.5) is 5.00 Å². The van der Waals surface area contributed by atoms with Crippen molar-refractivity contribution in [1.29, 1.82) is 0 Å². The summed E-state index contributed by atoms with van der Waals surface area (Å²) in [5.74, 6) is 0. The van der Waals surface area contributed by atoms with Gasteiger partial charge in [0.1, 0.15) is 0 Å². The van der Waals surface area contributed by atoms with Crippen molar-refractivity contribution >= 4 is 39.9 Å². The predicted molar refractivity (Wildman–Crippen MR) is 139 cm³/mol. The average Bonchev–Trinajstić information content (AvgIpc) is 2.87. The Labute approximate surface area is 205 Å². The SMILES string of the molecule is O=c1cc(-c2ccc(-c3cccc4c3Sc3ccccc3S4)cc2)sc(N2CCOCC2)c1. The molecule has 0 aliphatic carbocycles. The summed E-state index contributed by atoms with van der Waals surface area (Å²) in [6.45, 7) is 3.08. The van der Waals surface area contributed by atoms with Crippen LogP contribution in [0.5, 0.6) is 0 Å². The summed E-state index contributed by atoms with van der Waals surface area (Å²) in [5.41, 5.74) is 3.58. The molecule has 3 nitrogen and oxygen atoms in total. The quantitative estimate of drug-likeness (QED) is 0.276. The van der Waals surface area contributed by atoms with E-state index < -0.39 is 0 Å². The molecule has 0 bridgehead atoms. The molecule has 1 aromatic heterocycles. The minimum atomic E-state index is 0.0542. The maximum Gasteiger partial charge on any atom is 0.182 e. The van der Waals surface area contributed by atoms with Gasteiger partial charge in [-0.2, -0.15) is 0 Å². The van der Waals surface area contributed by atoms with E-state index in [1.165, 1.54) is 30.7 Å². The second-order valence-electron chi connectivity index (χ2n) is 7.96. The lowest BCUT2D eigenvalue weighted by Gasteiger charge is -2.28. The van der Waals surface area contributed by atoms with Crippen LogP contribution in [0, 0.1) is 0 Å². The molecule has 0 amide bonds. The number of rotatable bonds is 3. The van der Waals surface area contributed by atoms with Crippen LogP contribution in [0.25, 0.3) is 21.6 Å². The van der Waals surface area contributed by atoms with Crippen molar-refractivity contribution in [3.63, 3.8) is 0 Å². The fraction of sp³-hybridized carbons (Fsp3) is 0.148. The minimum absolute atomic E-state index is 0.0542. The van der Waals surface area contributed by atoms with E-state index >= 15 is 0 Å². The Balaban J connectivity index is 1.32. The number of hydrogen-bond acceptors (Lipinski definition) is 6. The van der Waals surface area contributed by atoms with Crippen molar-refractivity contribution < 1.29 is 4.74 Å². The smallest absolute Gasteiger partial charge is 0.182 e. The number of hydrogen-bond donors (Lipinski definition) is 0. The van der Waals surface area contributed by atoms with Gasteiger partial charge in [-0.25, -0.2) is 0 Å². The lowest BCUT2D eigenvalue weighted by molar-refractivity contribution is 0.123. The molecule has 1 fully saturated rings. The number of anilines is 1. The molecule has 33 heavy (non-hydrogen) atoms. The molecule has 1 saturated heterocycles. The molecule has 4 aromatic rings. The van der Waals surface area contributed by atoms with Crippen molar-refractivity contribution in [3.05, 3.63) is 89.1 Å². The van der Waals surface area contributed by atoms with Crippen LogP contribution in [-0.4, -0.2) is 26.3 Å². The Morgan fingerprint density at radius 2 is 1.42 bits per heavy atom. The minimum Gasteiger partial charge on any atom is -0.378 e. The van der Waals surface area contributed by atoms with Gasteiger partial charge in [0.05, 0.1) is 18.2 Å².